The average Bonchev–Trinajstić information content (AvgIpc) is 2.34. The van der Waals surface area contributed by atoms with Crippen LogP contribution in [0.15, 0.2) is 24.8 Å². The van der Waals surface area contributed by atoms with Crippen LogP contribution in [-0.2, 0) is 0 Å². The van der Waals surface area contributed by atoms with E-state index in [9.17, 15) is 0 Å². The SMILES string of the molecule is Ic1cnc2cnccn12. The summed E-state index contributed by atoms with van der Waals surface area (Å²) in [4.78, 5) is 8.05. The average molecular weight is 245 g/mol. The van der Waals surface area contributed by atoms with E-state index < -0.39 is 0 Å². The number of halogens is 1. The fourth-order valence-corrected chi connectivity index (χ4v) is 1.36. The molecule has 0 unspecified atom stereocenters. The minimum Gasteiger partial charge on any atom is -0.292 e. The first-order chi connectivity index (χ1) is 4.88. The van der Waals surface area contributed by atoms with E-state index in [0.717, 1.165) is 9.35 Å². The lowest BCUT2D eigenvalue weighted by atomic mass is 10.7. The molecule has 2 heterocycles. The minimum absolute atomic E-state index is 0.895. The Bertz CT molecular complexity index is 355. The lowest BCUT2D eigenvalue weighted by Gasteiger charge is -1.89. The second kappa shape index (κ2) is 2.19. The number of fused-ring (bicyclic) bond motifs is 1. The Morgan fingerprint density at radius 3 is 3.10 bits per heavy atom. The molecule has 0 fully saturated rings. The number of hydrogen-bond donors (Lipinski definition) is 0. The zero-order valence-corrected chi connectivity index (χ0v) is 7.19. The number of nitrogens with zero attached hydrogens (tertiary/aromatic N) is 3. The van der Waals surface area contributed by atoms with Gasteiger partial charge in [-0.25, -0.2) is 4.98 Å². The summed E-state index contributed by atoms with van der Waals surface area (Å²) in [5.74, 6) is 0. The molecule has 0 atom stereocenters. The summed E-state index contributed by atoms with van der Waals surface area (Å²) < 4.78 is 3.09. The molecule has 0 aliphatic heterocycles. The van der Waals surface area contributed by atoms with Gasteiger partial charge in [-0.05, 0) is 22.6 Å². The van der Waals surface area contributed by atoms with E-state index in [4.69, 9.17) is 0 Å². The summed E-state index contributed by atoms with van der Waals surface area (Å²) in [6.07, 6.45) is 7.20. The van der Waals surface area contributed by atoms with Crippen LogP contribution in [0.2, 0.25) is 0 Å². The second-order valence-corrected chi connectivity index (χ2v) is 2.99. The van der Waals surface area contributed by atoms with Crippen LogP contribution in [0.1, 0.15) is 0 Å². The van der Waals surface area contributed by atoms with Crippen LogP contribution in [0.3, 0.4) is 0 Å². The number of imidazole rings is 1. The Hall–Kier alpha value is -0.650. The minimum atomic E-state index is 0.895. The van der Waals surface area contributed by atoms with Gasteiger partial charge in [-0.1, -0.05) is 0 Å². The summed E-state index contributed by atoms with van der Waals surface area (Å²) in [5, 5.41) is 0. The summed E-state index contributed by atoms with van der Waals surface area (Å²) in [6.45, 7) is 0. The molecule has 2 aromatic rings. The van der Waals surface area contributed by atoms with E-state index in [2.05, 4.69) is 32.6 Å². The van der Waals surface area contributed by atoms with Crippen molar-refractivity contribution in [2.24, 2.45) is 0 Å². The molecule has 0 bridgehead atoms. The monoisotopic (exact) mass is 245 g/mol. The van der Waals surface area contributed by atoms with Gasteiger partial charge < -0.3 is 0 Å². The van der Waals surface area contributed by atoms with Gasteiger partial charge in [-0.2, -0.15) is 0 Å². The Labute approximate surface area is 71.3 Å². The number of hydrogen-bond acceptors (Lipinski definition) is 2. The molecule has 0 aromatic carbocycles. The van der Waals surface area contributed by atoms with Gasteiger partial charge in [0.25, 0.3) is 0 Å². The highest BCUT2D eigenvalue weighted by Gasteiger charge is 1.95. The van der Waals surface area contributed by atoms with Gasteiger partial charge in [0.1, 0.15) is 3.70 Å². The maximum atomic E-state index is 4.11. The number of rotatable bonds is 0. The van der Waals surface area contributed by atoms with Crippen molar-refractivity contribution < 1.29 is 0 Å². The van der Waals surface area contributed by atoms with Gasteiger partial charge in [0.2, 0.25) is 0 Å². The summed E-state index contributed by atoms with van der Waals surface area (Å²) in [7, 11) is 0. The molecule has 0 saturated heterocycles. The van der Waals surface area contributed by atoms with Crippen molar-refractivity contribution in [3.05, 3.63) is 28.5 Å². The van der Waals surface area contributed by atoms with Crippen molar-refractivity contribution in [1.29, 1.82) is 0 Å². The van der Waals surface area contributed by atoms with Crippen molar-refractivity contribution in [2.75, 3.05) is 0 Å². The first-order valence-corrected chi connectivity index (χ1v) is 3.88. The molecular weight excluding hydrogens is 241 g/mol. The van der Waals surface area contributed by atoms with E-state index in [-0.39, 0.29) is 0 Å². The highest BCUT2D eigenvalue weighted by molar-refractivity contribution is 14.1. The van der Waals surface area contributed by atoms with Crippen LogP contribution < -0.4 is 0 Å². The fraction of sp³-hybridized carbons (Fsp3) is 0. The van der Waals surface area contributed by atoms with Gasteiger partial charge in [0.05, 0.1) is 12.4 Å². The molecule has 3 nitrogen and oxygen atoms in total. The first kappa shape index (κ1) is 6.09. The van der Waals surface area contributed by atoms with Crippen LogP contribution in [0.4, 0.5) is 0 Å². The van der Waals surface area contributed by atoms with E-state index >= 15 is 0 Å². The fourth-order valence-electron chi connectivity index (χ4n) is 0.811. The molecule has 10 heavy (non-hydrogen) atoms. The zero-order chi connectivity index (χ0) is 6.97. The highest BCUT2D eigenvalue weighted by atomic mass is 127. The Kier molecular flexibility index (Phi) is 1.33. The molecule has 2 rings (SSSR count). The van der Waals surface area contributed by atoms with E-state index in [1.54, 1.807) is 12.4 Å². The van der Waals surface area contributed by atoms with Crippen LogP contribution in [0.25, 0.3) is 5.65 Å². The molecule has 0 spiro atoms. The Morgan fingerprint density at radius 1 is 1.40 bits per heavy atom. The molecular formula is C6H4IN3. The van der Waals surface area contributed by atoms with Crippen LogP contribution in [0.5, 0.6) is 0 Å². The molecule has 0 aliphatic rings. The van der Waals surface area contributed by atoms with Gasteiger partial charge in [-0.15, -0.1) is 0 Å². The zero-order valence-electron chi connectivity index (χ0n) is 5.03. The van der Waals surface area contributed by atoms with Gasteiger partial charge in [-0.3, -0.25) is 9.38 Å². The Balaban J connectivity index is 2.93. The predicted molar refractivity (Wildman–Crippen MR) is 45.7 cm³/mol. The maximum absolute atomic E-state index is 4.11. The molecule has 0 saturated carbocycles. The molecule has 0 aliphatic carbocycles. The predicted octanol–water partition coefficient (Wildman–Crippen LogP) is 1.33. The molecule has 0 radical (unpaired) electrons. The lowest BCUT2D eigenvalue weighted by Crippen LogP contribution is -1.85. The van der Waals surface area contributed by atoms with Gasteiger partial charge >= 0.3 is 0 Å². The smallest absolute Gasteiger partial charge is 0.156 e. The molecule has 50 valence electrons. The largest absolute Gasteiger partial charge is 0.292 e. The summed E-state index contributed by atoms with van der Waals surface area (Å²) in [5.41, 5.74) is 0.895. The Morgan fingerprint density at radius 2 is 2.30 bits per heavy atom. The van der Waals surface area contributed by atoms with Crippen LogP contribution >= 0.6 is 22.6 Å². The molecule has 2 aromatic heterocycles. The molecule has 0 N–H and O–H groups in total. The van der Waals surface area contributed by atoms with Crippen molar-refractivity contribution in [1.82, 2.24) is 14.4 Å². The highest BCUT2D eigenvalue weighted by Crippen LogP contribution is 2.05. The number of aromatic nitrogens is 3. The van der Waals surface area contributed by atoms with Crippen LogP contribution in [-0.4, -0.2) is 14.4 Å². The lowest BCUT2D eigenvalue weighted by molar-refractivity contribution is 1.10. The van der Waals surface area contributed by atoms with E-state index in [1.165, 1.54) is 0 Å². The van der Waals surface area contributed by atoms with E-state index in [0.29, 0.717) is 0 Å². The maximum Gasteiger partial charge on any atom is 0.156 e. The first-order valence-electron chi connectivity index (χ1n) is 2.80. The third kappa shape index (κ3) is 0.792. The topological polar surface area (TPSA) is 30.2 Å². The third-order valence-corrected chi connectivity index (χ3v) is 2.07. The summed E-state index contributed by atoms with van der Waals surface area (Å²) in [6, 6.07) is 0. The third-order valence-electron chi connectivity index (χ3n) is 1.27. The van der Waals surface area contributed by atoms with Gasteiger partial charge in [0.15, 0.2) is 5.65 Å². The van der Waals surface area contributed by atoms with Crippen LogP contribution in [0, 0.1) is 3.70 Å². The molecule has 0 amide bonds. The van der Waals surface area contributed by atoms with Crippen molar-refractivity contribution in [2.45, 2.75) is 0 Å². The van der Waals surface area contributed by atoms with Gasteiger partial charge in [0, 0.05) is 12.4 Å². The normalized spacial score (nSPS) is 10.5. The van der Waals surface area contributed by atoms with Crippen molar-refractivity contribution in [3.8, 4) is 0 Å². The van der Waals surface area contributed by atoms with Crippen molar-refractivity contribution in [3.63, 3.8) is 0 Å². The quantitative estimate of drug-likeness (QED) is 0.655. The second-order valence-electron chi connectivity index (χ2n) is 1.89. The standard InChI is InChI=1S/C6H4IN3/c7-5-3-9-6-4-8-1-2-10(5)6/h1-4H. The molecule has 4 heteroatoms. The van der Waals surface area contributed by atoms with E-state index in [1.807, 2.05) is 16.8 Å². The van der Waals surface area contributed by atoms with Crippen molar-refractivity contribution >= 4 is 28.2 Å². The summed E-state index contributed by atoms with van der Waals surface area (Å²) >= 11 is 2.23.